The molecule has 3 rings (SSSR count). The predicted molar refractivity (Wildman–Crippen MR) is 74.0 cm³/mol. The first-order chi connectivity index (χ1) is 9.67. The number of benzene rings is 1. The summed E-state index contributed by atoms with van der Waals surface area (Å²) in [6.07, 6.45) is 4.04. The maximum absolute atomic E-state index is 11.6. The molecule has 2 aliphatic heterocycles. The van der Waals surface area contributed by atoms with Crippen LogP contribution < -0.4 is 9.47 Å². The lowest BCUT2D eigenvalue weighted by Crippen LogP contribution is -2.13. The Kier molecular flexibility index (Phi) is 3.38. The number of allylic oxidation sites excluding steroid dienone is 1. The molecule has 2 unspecified atom stereocenters. The molecule has 0 saturated carbocycles. The standard InChI is InChI=1S/C16H18O4/c1-3-18-15-7-11-6-10(2)20-14(11)9-13(15)16-8-12(17)4-5-19-16/h4-5,7,9-10,16H,3,6,8H2,1-2H3. The van der Waals surface area contributed by atoms with E-state index in [2.05, 4.69) is 0 Å². The van der Waals surface area contributed by atoms with Gasteiger partial charge in [-0.25, -0.2) is 0 Å². The third kappa shape index (κ3) is 2.38. The number of hydrogen-bond acceptors (Lipinski definition) is 4. The van der Waals surface area contributed by atoms with Gasteiger partial charge in [-0.1, -0.05) is 0 Å². The Hall–Kier alpha value is -1.97. The van der Waals surface area contributed by atoms with E-state index in [1.807, 2.05) is 26.0 Å². The van der Waals surface area contributed by atoms with E-state index >= 15 is 0 Å². The van der Waals surface area contributed by atoms with E-state index in [9.17, 15) is 4.79 Å². The molecule has 1 aromatic carbocycles. The summed E-state index contributed by atoms with van der Waals surface area (Å²) in [7, 11) is 0. The summed E-state index contributed by atoms with van der Waals surface area (Å²) in [5.41, 5.74) is 2.04. The van der Waals surface area contributed by atoms with Crippen molar-refractivity contribution >= 4 is 5.78 Å². The Morgan fingerprint density at radius 1 is 1.35 bits per heavy atom. The smallest absolute Gasteiger partial charge is 0.162 e. The Labute approximate surface area is 118 Å². The molecule has 0 N–H and O–H groups in total. The summed E-state index contributed by atoms with van der Waals surface area (Å²) in [5, 5.41) is 0. The molecule has 2 heterocycles. The molecular formula is C16H18O4. The minimum atomic E-state index is -0.293. The third-order valence-corrected chi connectivity index (χ3v) is 3.56. The molecule has 20 heavy (non-hydrogen) atoms. The van der Waals surface area contributed by atoms with Crippen molar-refractivity contribution in [3.8, 4) is 11.5 Å². The highest BCUT2D eigenvalue weighted by atomic mass is 16.5. The summed E-state index contributed by atoms with van der Waals surface area (Å²) in [6, 6.07) is 3.98. The van der Waals surface area contributed by atoms with Gasteiger partial charge in [-0.05, 0) is 26.0 Å². The van der Waals surface area contributed by atoms with Gasteiger partial charge >= 0.3 is 0 Å². The first-order valence-electron chi connectivity index (χ1n) is 6.98. The van der Waals surface area contributed by atoms with E-state index in [-0.39, 0.29) is 18.0 Å². The summed E-state index contributed by atoms with van der Waals surface area (Å²) < 4.78 is 17.1. The molecule has 0 radical (unpaired) electrons. The molecule has 106 valence electrons. The number of fused-ring (bicyclic) bond motifs is 1. The van der Waals surface area contributed by atoms with Crippen LogP contribution in [0.4, 0.5) is 0 Å². The van der Waals surface area contributed by atoms with Gasteiger partial charge in [-0.2, -0.15) is 0 Å². The van der Waals surface area contributed by atoms with Gasteiger partial charge in [0.15, 0.2) is 5.78 Å². The van der Waals surface area contributed by atoms with Crippen LogP contribution in [0, 0.1) is 0 Å². The van der Waals surface area contributed by atoms with Crippen LogP contribution in [-0.2, 0) is 16.0 Å². The molecule has 0 aromatic heterocycles. The van der Waals surface area contributed by atoms with E-state index < -0.39 is 0 Å². The molecule has 0 amide bonds. The second-order valence-corrected chi connectivity index (χ2v) is 5.16. The highest BCUT2D eigenvalue weighted by molar-refractivity contribution is 5.90. The maximum Gasteiger partial charge on any atom is 0.162 e. The van der Waals surface area contributed by atoms with Crippen LogP contribution in [0.1, 0.15) is 37.5 Å². The summed E-state index contributed by atoms with van der Waals surface area (Å²) >= 11 is 0. The fourth-order valence-corrected chi connectivity index (χ4v) is 2.68. The number of carbonyl (C=O) groups is 1. The Bertz CT molecular complexity index is 562. The number of carbonyl (C=O) groups excluding carboxylic acids is 1. The zero-order chi connectivity index (χ0) is 14.1. The summed E-state index contributed by atoms with van der Waals surface area (Å²) in [5.74, 6) is 1.73. The molecule has 0 saturated heterocycles. The first kappa shape index (κ1) is 13.0. The van der Waals surface area contributed by atoms with Gasteiger partial charge in [0, 0.05) is 23.6 Å². The van der Waals surface area contributed by atoms with Crippen LogP contribution in [0.3, 0.4) is 0 Å². The van der Waals surface area contributed by atoms with Crippen molar-refractivity contribution in [2.45, 2.75) is 38.9 Å². The van der Waals surface area contributed by atoms with Gasteiger partial charge in [0.2, 0.25) is 0 Å². The average molecular weight is 274 g/mol. The number of rotatable bonds is 3. The molecule has 4 nitrogen and oxygen atoms in total. The second-order valence-electron chi connectivity index (χ2n) is 5.16. The molecule has 4 heteroatoms. The van der Waals surface area contributed by atoms with Gasteiger partial charge in [0.25, 0.3) is 0 Å². The van der Waals surface area contributed by atoms with Gasteiger partial charge < -0.3 is 14.2 Å². The Morgan fingerprint density at radius 3 is 2.95 bits per heavy atom. The Morgan fingerprint density at radius 2 is 2.20 bits per heavy atom. The molecule has 0 bridgehead atoms. The van der Waals surface area contributed by atoms with Crippen molar-refractivity contribution in [1.82, 2.24) is 0 Å². The van der Waals surface area contributed by atoms with E-state index in [0.29, 0.717) is 13.0 Å². The van der Waals surface area contributed by atoms with Gasteiger partial charge in [-0.3, -0.25) is 4.79 Å². The third-order valence-electron chi connectivity index (χ3n) is 3.56. The highest BCUT2D eigenvalue weighted by Gasteiger charge is 2.27. The summed E-state index contributed by atoms with van der Waals surface area (Å²) in [6.45, 7) is 4.57. The van der Waals surface area contributed by atoms with Crippen LogP contribution >= 0.6 is 0 Å². The van der Waals surface area contributed by atoms with Crippen molar-refractivity contribution in [2.24, 2.45) is 0 Å². The average Bonchev–Trinajstić information content (AvgIpc) is 2.77. The van der Waals surface area contributed by atoms with Crippen LogP contribution in [0.5, 0.6) is 11.5 Å². The fourth-order valence-electron chi connectivity index (χ4n) is 2.68. The largest absolute Gasteiger partial charge is 0.493 e. The van der Waals surface area contributed by atoms with Crippen molar-refractivity contribution in [2.75, 3.05) is 6.61 Å². The molecule has 0 spiro atoms. The zero-order valence-electron chi connectivity index (χ0n) is 11.7. The van der Waals surface area contributed by atoms with Gasteiger partial charge in [-0.15, -0.1) is 0 Å². The van der Waals surface area contributed by atoms with Crippen molar-refractivity contribution in [3.05, 3.63) is 35.6 Å². The molecule has 0 fully saturated rings. The Balaban J connectivity index is 1.98. The minimum Gasteiger partial charge on any atom is -0.493 e. The van der Waals surface area contributed by atoms with Crippen molar-refractivity contribution in [3.63, 3.8) is 0 Å². The lowest BCUT2D eigenvalue weighted by atomic mass is 9.98. The molecule has 2 aliphatic rings. The van der Waals surface area contributed by atoms with Crippen LogP contribution in [-0.4, -0.2) is 18.5 Å². The molecule has 1 aromatic rings. The van der Waals surface area contributed by atoms with Crippen molar-refractivity contribution < 1.29 is 19.0 Å². The van der Waals surface area contributed by atoms with E-state index in [1.54, 1.807) is 0 Å². The maximum atomic E-state index is 11.6. The summed E-state index contributed by atoms with van der Waals surface area (Å²) in [4.78, 5) is 11.6. The van der Waals surface area contributed by atoms with Crippen LogP contribution in [0.15, 0.2) is 24.5 Å². The number of ether oxygens (including phenoxy) is 3. The zero-order valence-corrected chi connectivity index (χ0v) is 11.7. The molecule has 2 atom stereocenters. The highest BCUT2D eigenvalue weighted by Crippen LogP contribution is 2.40. The van der Waals surface area contributed by atoms with Gasteiger partial charge in [0.05, 0.1) is 19.3 Å². The van der Waals surface area contributed by atoms with E-state index in [4.69, 9.17) is 14.2 Å². The SMILES string of the molecule is CCOc1cc2c(cc1C1CC(=O)C=CO1)OC(C)C2. The predicted octanol–water partition coefficient (Wildman–Crippen LogP) is 2.95. The first-order valence-corrected chi connectivity index (χ1v) is 6.98. The van der Waals surface area contributed by atoms with Crippen LogP contribution in [0.25, 0.3) is 0 Å². The van der Waals surface area contributed by atoms with E-state index in [1.165, 1.54) is 12.3 Å². The topological polar surface area (TPSA) is 44.8 Å². The number of hydrogen-bond donors (Lipinski definition) is 0. The number of ketones is 1. The van der Waals surface area contributed by atoms with Crippen LogP contribution in [0.2, 0.25) is 0 Å². The molecule has 0 aliphatic carbocycles. The monoisotopic (exact) mass is 274 g/mol. The van der Waals surface area contributed by atoms with Crippen molar-refractivity contribution in [1.29, 1.82) is 0 Å². The lowest BCUT2D eigenvalue weighted by Gasteiger charge is -2.22. The quantitative estimate of drug-likeness (QED) is 0.850. The fraction of sp³-hybridized carbons (Fsp3) is 0.438. The van der Waals surface area contributed by atoms with E-state index in [0.717, 1.165) is 29.0 Å². The van der Waals surface area contributed by atoms with Gasteiger partial charge in [0.1, 0.15) is 23.7 Å². The normalized spacial score (nSPS) is 24.0. The second kappa shape index (κ2) is 5.19. The molecular weight excluding hydrogens is 256 g/mol. The lowest BCUT2D eigenvalue weighted by molar-refractivity contribution is -0.118. The minimum absolute atomic E-state index is 0.0680.